The van der Waals surface area contributed by atoms with Crippen molar-refractivity contribution >= 4 is 16.7 Å². The average Bonchev–Trinajstić information content (AvgIpc) is 2.98. The minimum Gasteiger partial charge on any atom is -0.457 e. The molecule has 0 bridgehead atoms. The first-order valence-electron chi connectivity index (χ1n) is 13.6. The van der Waals surface area contributed by atoms with E-state index in [1.165, 1.54) is 5.56 Å². The molecule has 1 fully saturated rings. The number of fused-ring (bicyclic) bond motifs is 1. The Morgan fingerprint density at radius 2 is 1.49 bits per heavy atom. The van der Waals surface area contributed by atoms with Crippen LogP contribution in [0.25, 0.3) is 22.1 Å². The largest absolute Gasteiger partial charge is 0.457 e. The van der Waals surface area contributed by atoms with Crippen molar-refractivity contribution in [1.29, 1.82) is 0 Å². The van der Waals surface area contributed by atoms with Gasteiger partial charge in [-0.3, -0.25) is 0 Å². The average molecular weight is 517 g/mol. The molecule has 1 aliphatic rings. The van der Waals surface area contributed by atoms with Crippen molar-refractivity contribution in [3.05, 3.63) is 125 Å². The Kier molecular flexibility index (Phi) is 7.41. The van der Waals surface area contributed by atoms with E-state index in [1.54, 1.807) is 6.07 Å². The van der Waals surface area contributed by atoms with Crippen molar-refractivity contribution in [2.45, 2.75) is 25.3 Å². The molecule has 0 saturated carbocycles. The number of piperidine rings is 1. The van der Waals surface area contributed by atoms with Gasteiger partial charge in [-0.25, -0.2) is 4.79 Å². The number of anilines is 1. The summed E-state index contributed by atoms with van der Waals surface area (Å²) in [7, 11) is 0. The smallest absolute Gasteiger partial charge is 0.336 e. The fourth-order valence-corrected chi connectivity index (χ4v) is 5.32. The maximum Gasteiger partial charge on any atom is 0.336 e. The van der Waals surface area contributed by atoms with Gasteiger partial charge in [0.25, 0.3) is 0 Å². The Balaban J connectivity index is 1.12. The van der Waals surface area contributed by atoms with E-state index in [1.807, 2.05) is 60.7 Å². The number of para-hydroxylation sites is 1. The lowest BCUT2D eigenvalue weighted by molar-refractivity contribution is 0.417. The van der Waals surface area contributed by atoms with E-state index in [2.05, 4.69) is 52.7 Å². The van der Waals surface area contributed by atoms with Gasteiger partial charge in [0.2, 0.25) is 0 Å². The third-order valence-corrected chi connectivity index (χ3v) is 7.42. The van der Waals surface area contributed by atoms with E-state index in [0.717, 1.165) is 72.6 Å². The first-order chi connectivity index (χ1) is 19.2. The number of rotatable bonds is 8. The molecule has 0 radical (unpaired) electrons. The van der Waals surface area contributed by atoms with Crippen LogP contribution in [0.5, 0.6) is 11.5 Å². The summed E-state index contributed by atoms with van der Waals surface area (Å²) in [5, 5.41) is 4.65. The number of nitrogens with zero attached hydrogens (tertiary/aromatic N) is 1. The molecule has 1 saturated heterocycles. The standard InChI is InChI=1S/C34H32N2O3/c37-34-24-32(26-11-14-30(15-12-26)38-29-9-5-2-6-10-29)31-16-13-28(23-33(31)39-34)36-21-18-27(19-22-36)35-20-17-25-7-3-1-4-8-25/h1-16,23-24,27,35H,17-22H2. The summed E-state index contributed by atoms with van der Waals surface area (Å²) in [6, 6.07) is 36.5. The normalized spacial score (nSPS) is 14.0. The quantitative estimate of drug-likeness (QED) is 0.224. The highest BCUT2D eigenvalue weighted by atomic mass is 16.5. The summed E-state index contributed by atoms with van der Waals surface area (Å²) < 4.78 is 11.6. The van der Waals surface area contributed by atoms with E-state index < -0.39 is 0 Å². The van der Waals surface area contributed by atoms with Crippen molar-refractivity contribution in [2.24, 2.45) is 0 Å². The molecule has 0 atom stereocenters. The number of ether oxygens (including phenoxy) is 1. The van der Waals surface area contributed by atoms with Gasteiger partial charge >= 0.3 is 5.63 Å². The van der Waals surface area contributed by atoms with Crippen molar-refractivity contribution < 1.29 is 9.15 Å². The number of hydrogen-bond acceptors (Lipinski definition) is 5. The van der Waals surface area contributed by atoms with E-state index in [9.17, 15) is 4.79 Å². The molecule has 1 aromatic heterocycles. The van der Waals surface area contributed by atoms with E-state index in [-0.39, 0.29) is 5.63 Å². The number of benzene rings is 4. The molecule has 1 N–H and O–H groups in total. The van der Waals surface area contributed by atoms with E-state index >= 15 is 0 Å². The van der Waals surface area contributed by atoms with Crippen LogP contribution < -0.4 is 20.6 Å². The first-order valence-corrected chi connectivity index (χ1v) is 13.6. The Morgan fingerprint density at radius 3 is 2.23 bits per heavy atom. The van der Waals surface area contributed by atoms with Crippen molar-refractivity contribution in [3.8, 4) is 22.6 Å². The summed E-state index contributed by atoms with van der Waals surface area (Å²) in [5.41, 5.74) is 4.54. The number of hydrogen-bond donors (Lipinski definition) is 1. The monoisotopic (exact) mass is 516 g/mol. The zero-order chi connectivity index (χ0) is 26.4. The topological polar surface area (TPSA) is 54.7 Å². The molecule has 39 heavy (non-hydrogen) atoms. The summed E-state index contributed by atoms with van der Waals surface area (Å²) in [6.45, 7) is 2.95. The van der Waals surface area contributed by atoms with Crippen molar-refractivity contribution in [1.82, 2.24) is 5.32 Å². The zero-order valence-electron chi connectivity index (χ0n) is 21.9. The van der Waals surface area contributed by atoms with Crippen LogP contribution in [0.15, 0.2) is 118 Å². The molecule has 0 aliphatic carbocycles. The van der Waals surface area contributed by atoms with Gasteiger partial charge in [-0.15, -0.1) is 0 Å². The van der Waals surface area contributed by atoms with Crippen LogP contribution in [-0.2, 0) is 6.42 Å². The molecule has 0 amide bonds. The lowest BCUT2D eigenvalue weighted by Crippen LogP contribution is -2.43. The SMILES string of the molecule is O=c1cc(-c2ccc(Oc3ccccc3)cc2)c2ccc(N3CCC(NCCc4ccccc4)CC3)cc2o1. The fourth-order valence-electron chi connectivity index (χ4n) is 5.32. The lowest BCUT2D eigenvalue weighted by atomic mass is 10.0. The molecule has 1 aliphatic heterocycles. The van der Waals surface area contributed by atoms with Crippen molar-refractivity contribution in [3.63, 3.8) is 0 Å². The molecule has 5 nitrogen and oxygen atoms in total. The fraction of sp³-hybridized carbons (Fsp3) is 0.206. The van der Waals surface area contributed by atoms with Gasteiger partial charge in [-0.1, -0.05) is 60.7 Å². The number of nitrogens with one attached hydrogen (secondary N) is 1. The molecule has 5 aromatic rings. The van der Waals surface area contributed by atoms with Gasteiger partial charge in [0.15, 0.2) is 0 Å². The third-order valence-electron chi connectivity index (χ3n) is 7.42. The van der Waals surface area contributed by atoms with Gasteiger partial charge in [-0.2, -0.15) is 0 Å². The van der Waals surface area contributed by atoms with Gasteiger partial charge in [0.1, 0.15) is 17.1 Å². The summed E-state index contributed by atoms with van der Waals surface area (Å²) in [5.74, 6) is 1.54. The molecule has 5 heteroatoms. The molecular weight excluding hydrogens is 484 g/mol. The van der Waals surface area contributed by atoms with Crippen LogP contribution in [0.1, 0.15) is 18.4 Å². The maximum absolute atomic E-state index is 12.5. The summed E-state index contributed by atoms with van der Waals surface area (Å²) in [6.07, 6.45) is 3.23. The van der Waals surface area contributed by atoms with Gasteiger partial charge < -0.3 is 19.4 Å². The Morgan fingerprint density at radius 1 is 0.795 bits per heavy atom. The van der Waals surface area contributed by atoms with Gasteiger partial charge in [0.05, 0.1) is 0 Å². The molecule has 2 heterocycles. The van der Waals surface area contributed by atoms with E-state index in [0.29, 0.717) is 11.6 Å². The minimum absolute atomic E-state index is 0.347. The Bertz CT molecular complexity index is 1570. The molecule has 196 valence electrons. The molecule has 4 aromatic carbocycles. The summed E-state index contributed by atoms with van der Waals surface area (Å²) in [4.78, 5) is 14.9. The van der Waals surface area contributed by atoms with Crippen LogP contribution in [0.2, 0.25) is 0 Å². The van der Waals surface area contributed by atoms with Gasteiger partial charge in [-0.05, 0) is 78.9 Å². The highest BCUT2D eigenvalue weighted by molar-refractivity contribution is 5.94. The minimum atomic E-state index is -0.347. The summed E-state index contributed by atoms with van der Waals surface area (Å²) >= 11 is 0. The van der Waals surface area contributed by atoms with Crippen LogP contribution in [0, 0.1) is 0 Å². The predicted octanol–water partition coefficient (Wildman–Crippen LogP) is 7.05. The second-order valence-corrected chi connectivity index (χ2v) is 10.1. The van der Waals surface area contributed by atoms with Crippen LogP contribution in [-0.4, -0.2) is 25.7 Å². The first kappa shape index (κ1) is 25.0. The highest BCUT2D eigenvalue weighted by Crippen LogP contribution is 2.32. The molecule has 6 rings (SSSR count). The van der Waals surface area contributed by atoms with Crippen LogP contribution in [0.4, 0.5) is 5.69 Å². The van der Waals surface area contributed by atoms with E-state index in [4.69, 9.17) is 9.15 Å². The second kappa shape index (κ2) is 11.6. The predicted molar refractivity (Wildman–Crippen MR) is 158 cm³/mol. The second-order valence-electron chi connectivity index (χ2n) is 10.1. The van der Waals surface area contributed by atoms with Crippen LogP contribution >= 0.6 is 0 Å². The van der Waals surface area contributed by atoms with Crippen molar-refractivity contribution in [2.75, 3.05) is 24.5 Å². The third kappa shape index (κ3) is 6.05. The van der Waals surface area contributed by atoms with Crippen LogP contribution in [0.3, 0.4) is 0 Å². The molecule has 0 unspecified atom stereocenters. The Hall–Kier alpha value is -4.35. The molecular formula is C34H32N2O3. The highest BCUT2D eigenvalue weighted by Gasteiger charge is 2.20. The Labute approximate surface area is 228 Å². The van der Waals surface area contributed by atoms with Gasteiger partial charge in [0, 0.05) is 42.3 Å². The maximum atomic E-state index is 12.5. The zero-order valence-corrected chi connectivity index (χ0v) is 21.9. The molecule has 0 spiro atoms. The lowest BCUT2D eigenvalue weighted by Gasteiger charge is -2.34.